The van der Waals surface area contributed by atoms with Crippen LogP contribution in [0.3, 0.4) is 0 Å². The third-order valence-electron chi connectivity index (χ3n) is 3.19. The highest BCUT2D eigenvalue weighted by Gasteiger charge is 2.08. The monoisotopic (exact) mass is 329 g/mol. The molecular weight excluding hydrogens is 314 g/mol. The van der Waals surface area contributed by atoms with Gasteiger partial charge in [0.15, 0.2) is 0 Å². The Morgan fingerprint density at radius 3 is 2.32 bits per heavy atom. The van der Waals surface area contributed by atoms with Crippen molar-refractivity contribution in [1.82, 2.24) is 0 Å². The Hall–Kier alpha value is -3.80. The number of carbonyl (C=O) groups is 1. The number of phenolic OH excluding ortho intramolecular Hbond substituents is 1. The first kappa shape index (κ1) is 17.6. The van der Waals surface area contributed by atoms with Crippen LogP contribution in [-0.2, 0) is 0 Å². The number of ether oxygens (including phenoxy) is 1. The predicted molar refractivity (Wildman–Crippen MR) is 95.9 cm³/mol. The lowest BCUT2D eigenvalue weighted by atomic mass is 10.1. The molecule has 4 heteroatoms. The fourth-order valence-electron chi connectivity index (χ4n) is 2.00. The predicted octanol–water partition coefficient (Wildman–Crippen LogP) is 4.42. The van der Waals surface area contributed by atoms with Crippen molar-refractivity contribution in [2.24, 2.45) is 0 Å². The van der Waals surface area contributed by atoms with Gasteiger partial charge in [0.1, 0.15) is 11.5 Å². The van der Waals surface area contributed by atoms with E-state index >= 15 is 0 Å². The first-order chi connectivity index (χ1) is 12.1. The zero-order valence-electron chi connectivity index (χ0n) is 13.3. The third kappa shape index (κ3) is 5.11. The molecule has 0 radical (unpaired) electrons. The summed E-state index contributed by atoms with van der Waals surface area (Å²) in [5.74, 6) is -0.0243. The summed E-state index contributed by atoms with van der Waals surface area (Å²) in [6.07, 6.45) is 6.35. The van der Waals surface area contributed by atoms with Gasteiger partial charge in [-0.1, -0.05) is 30.9 Å². The quantitative estimate of drug-likeness (QED) is 0.290. The van der Waals surface area contributed by atoms with E-state index in [4.69, 9.17) is 10.00 Å². The van der Waals surface area contributed by atoms with E-state index in [-0.39, 0.29) is 5.75 Å². The molecule has 2 aromatic rings. The molecule has 0 aliphatic carbocycles. The summed E-state index contributed by atoms with van der Waals surface area (Å²) in [6, 6.07) is 14.6. The van der Waals surface area contributed by atoms with Crippen molar-refractivity contribution in [2.45, 2.75) is 0 Å². The molecule has 0 aromatic heterocycles. The van der Waals surface area contributed by atoms with Crippen LogP contribution < -0.4 is 4.74 Å². The minimum absolute atomic E-state index is 0.0842. The number of hydrogen-bond donors (Lipinski definition) is 1. The number of esters is 1. The average Bonchev–Trinajstić information content (AvgIpc) is 2.62. The van der Waals surface area contributed by atoms with Gasteiger partial charge in [-0.3, -0.25) is 0 Å². The van der Waals surface area contributed by atoms with Crippen LogP contribution in [0, 0.1) is 11.3 Å². The second-order valence-electron chi connectivity index (χ2n) is 4.90. The summed E-state index contributed by atoms with van der Waals surface area (Å²) >= 11 is 0. The van der Waals surface area contributed by atoms with E-state index in [1.807, 2.05) is 6.07 Å². The van der Waals surface area contributed by atoms with E-state index in [0.29, 0.717) is 11.3 Å². The maximum atomic E-state index is 12.0. The second kappa shape index (κ2) is 8.73. The largest absolute Gasteiger partial charge is 0.508 e. The topological polar surface area (TPSA) is 70.3 Å². The fourth-order valence-corrected chi connectivity index (χ4v) is 2.00. The summed E-state index contributed by atoms with van der Waals surface area (Å²) in [6.45, 7) is 3.66. The summed E-state index contributed by atoms with van der Waals surface area (Å²) < 4.78 is 5.30. The zero-order chi connectivity index (χ0) is 18.1. The first-order valence-corrected chi connectivity index (χ1v) is 7.39. The molecule has 0 unspecified atom stereocenters. The van der Waals surface area contributed by atoms with Gasteiger partial charge >= 0.3 is 5.97 Å². The molecule has 0 aliphatic rings. The molecule has 1 N–H and O–H groups in total. The Bertz CT molecular complexity index is 892. The van der Waals surface area contributed by atoms with E-state index < -0.39 is 5.97 Å². The minimum Gasteiger partial charge on any atom is -0.508 e. The van der Waals surface area contributed by atoms with Crippen molar-refractivity contribution in [1.29, 1.82) is 5.26 Å². The number of rotatable bonds is 5. The molecule has 25 heavy (non-hydrogen) atoms. The molecule has 0 spiro atoms. The van der Waals surface area contributed by atoms with Crippen LogP contribution in [0.15, 0.2) is 85.1 Å². The van der Waals surface area contributed by atoms with Gasteiger partial charge in [-0.15, -0.1) is 5.73 Å². The van der Waals surface area contributed by atoms with Crippen molar-refractivity contribution in [3.63, 3.8) is 0 Å². The number of nitrogens with zero attached hydrogens (tertiary/aromatic N) is 1. The molecular formula is C21H15NO3. The lowest BCUT2D eigenvalue weighted by molar-refractivity contribution is 0.0735. The maximum absolute atomic E-state index is 12.0. The molecule has 122 valence electrons. The van der Waals surface area contributed by atoms with Crippen LogP contribution in [0.1, 0.15) is 15.9 Å². The number of allylic oxidation sites excluding steroid dienone is 4. The number of carbonyl (C=O) groups excluding carboxylic acids is 1. The molecule has 0 saturated carbocycles. The van der Waals surface area contributed by atoms with Gasteiger partial charge in [-0.05, 0) is 53.6 Å². The molecule has 4 nitrogen and oxygen atoms in total. The first-order valence-electron chi connectivity index (χ1n) is 7.39. The Morgan fingerprint density at radius 2 is 1.72 bits per heavy atom. The van der Waals surface area contributed by atoms with E-state index in [1.165, 1.54) is 30.3 Å². The SMILES string of the molecule is C=CC=C(C=C=CC#N)c1ccc(OC(=O)c2ccc(O)cc2)cc1. The molecule has 2 aromatic carbocycles. The van der Waals surface area contributed by atoms with Crippen molar-refractivity contribution >= 4 is 11.5 Å². The van der Waals surface area contributed by atoms with E-state index in [2.05, 4.69) is 12.3 Å². The van der Waals surface area contributed by atoms with Crippen LogP contribution in [0.2, 0.25) is 0 Å². The fraction of sp³-hybridized carbons (Fsp3) is 0. The van der Waals surface area contributed by atoms with E-state index in [9.17, 15) is 9.90 Å². The Labute approximate surface area is 145 Å². The molecule has 0 heterocycles. The standard InChI is InChI=1S/C21H15NO3/c1-2-5-16(6-3-4-15-22)17-9-13-20(14-10-17)25-21(24)18-7-11-19(23)12-8-18/h2,4-14,23H,1H2. The number of benzene rings is 2. The van der Waals surface area contributed by atoms with Crippen LogP contribution >= 0.6 is 0 Å². The number of nitriles is 1. The Kier molecular flexibility index (Phi) is 6.13. The van der Waals surface area contributed by atoms with Gasteiger partial charge in [-0.25, -0.2) is 4.79 Å². The lowest BCUT2D eigenvalue weighted by Crippen LogP contribution is -2.08. The van der Waals surface area contributed by atoms with Gasteiger partial charge in [0.25, 0.3) is 0 Å². The molecule has 0 fully saturated rings. The summed E-state index contributed by atoms with van der Waals surface area (Å²) in [7, 11) is 0. The van der Waals surface area contributed by atoms with Gasteiger partial charge in [0.05, 0.1) is 17.7 Å². The minimum atomic E-state index is -0.508. The molecule has 2 rings (SSSR count). The van der Waals surface area contributed by atoms with Crippen molar-refractivity contribution in [2.75, 3.05) is 0 Å². The summed E-state index contributed by atoms with van der Waals surface area (Å²) in [4.78, 5) is 12.0. The van der Waals surface area contributed by atoms with Crippen molar-refractivity contribution < 1.29 is 14.6 Å². The average molecular weight is 329 g/mol. The van der Waals surface area contributed by atoms with Crippen molar-refractivity contribution in [3.05, 3.63) is 96.3 Å². The van der Waals surface area contributed by atoms with Gasteiger partial charge in [0, 0.05) is 0 Å². The normalized spacial score (nSPS) is 10.1. The lowest BCUT2D eigenvalue weighted by Gasteiger charge is -2.06. The number of phenols is 1. The Balaban J connectivity index is 2.16. The van der Waals surface area contributed by atoms with Crippen LogP contribution in [0.25, 0.3) is 5.57 Å². The second-order valence-corrected chi connectivity index (χ2v) is 4.90. The van der Waals surface area contributed by atoms with Crippen LogP contribution in [0.4, 0.5) is 0 Å². The molecule has 0 aliphatic heterocycles. The third-order valence-corrected chi connectivity index (χ3v) is 3.19. The van der Waals surface area contributed by atoms with E-state index in [0.717, 1.165) is 11.1 Å². The maximum Gasteiger partial charge on any atom is 0.343 e. The molecule has 0 bridgehead atoms. The summed E-state index contributed by atoms with van der Waals surface area (Å²) in [5, 5.41) is 17.8. The van der Waals surface area contributed by atoms with Gasteiger partial charge < -0.3 is 9.84 Å². The molecule has 0 amide bonds. The van der Waals surface area contributed by atoms with Gasteiger partial charge in [-0.2, -0.15) is 5.26 Å². The summed E-state index contributed by atoms with van der Waals surface area (Å²) in [5.41, 5.74) is 4.79. The van der Waals surface area contributed by atoms with Crippen LogP contribution in [0.5, 0.6) is 11.5 Å². The van der Waals surface area contributed by atoms with E-state index in [1.54, 1.807) is 42.5 Å². The number of aromatic hydroxyl groups is 1. The highest BCUT2D eigenvalue weighted by Crippen LogP contribution is 2.21. The zero-order valence-corrected chi connectivity index (χ0v) is 13.3. The van der Waals surface area contributed by atoms with Crippen LogP contribution in [-0.4, -0.2) is 11.1 Å². The molecule has 0 atom stereocenters. The highest BCUT2D eigenvalue weighted by molar-refractivity contribution is 5.91. The smallest absolute Gasteiger partial charge is 0.343 e. The van der Waals surface area contributed by atoms with Gasteiger partial charge in [0.2, 0.25) is 0 Å². The molecule has 0 saturated heterocycles. The Morgan fingerprint density at radius 1 is 1.08 bits per heavy atom. The van der Waals surface area contributed by atoms with Crippen molar-refractivity contribution in [3.8, 4) is 17.6 Å². The highest BCUT2D eigenvalue weighted by atomic mass is 16.5. The number of hydrogen-bond acceptors (Lipinski definition) is 4.